The lowest BCUT2D eigenvalue weighted by molar-refractivity contribution is -0.148. The predicted molar refractivity (Wildman–Crippen MR) is 66.0 cm³/mol. The van der Waals surface area contributed by atoms with Gasteiger partial charge in [-0.25, -0.2) is 4.79 Å². The number of nitrogens with one attached hydrogen (secondary N) is 1. The van der Waals surface area contributed by atoms with Crippen LogP contribution in [-0.4, -0.2) is 52.1 Å². The molecule has 0 fully saturated rings. The zero-order valence-corrected chi connectivity index (χ0v) is 10.8. The van der Waals surface area contributed by atoms with Gasteiger partial charge in [0.1, 0.15) is 6.61 Å². The normalized spacial score (nSPS) is 10.2. The maximum absolute atomic E-state index is 10.9. The Hall–Kier alpha value is -0.910. The zero-order chi connectivity index (χ0) is 12.9. The molecule has 100 valence electrons. The van der Waals surface area contributed by atoms with Crippen LogP contribution in [0.15, 0.2) is 12.2 Å². The summed E-state index contributed by atoms with van der Waals surface area (Å²) in [4.78, 5) is 10.9. The average molecular weight is 245 g/mol. The van der Waals surface area contributed by atoms with Crippen LogP contribution in [0.2, 0.25) is 0 Å². The lowest BCUT2D eigenvalue weighted by atomic mass is 10.4. The monoisotopic (exact) mass is 245 g/mol. The third-order valence-electron chi connectivity index (χ3n) is 1.72. The molecule has 0 rings (SSSR count). The third-order valence-corrected chi connectivity index (χ3v) is 1.72. The van der Waals surface area contributed by atoms with Gasteiger partial charge in [0.15, 0.2) is 0 Å². The number of carbonyl (C=O) groups excluding carboxylic acids is 1. The molecular formula is C12H23NO4. The molecule has 0 aromatic heterocycles. The Morgan fingerprint density at radius 2 is 1.76 bits per heavy atom. The molecule has 0 aliphatic rings. The number of hydrogen-bond donors (Lipinski definition) is 1. The first-order valence-electron chi connectivity index (χ1n) is 5.83. The van der Waals surface area contributed by atoms with Gasteiger partial charge in [-0.1, -0.05) is 12.2 Å². The van der Waals surface area contributed by atoms with E-state index in [4.69, 9.17) is 14.2 Å². The minimum absolute atomic E-state index is 0.0156. The van der Waals surface area contributed by atoms with Gasteiger partial charge in [0.05, 0.1) is 26.4 Å². The Morgan fingerprint density at radius 1 is 1.18 bits per heavy atom. The third kappa shape index (κ3) is 13.0. The van der Waals surface area contributed by atoms with E-state index in [-0.39, 0.29) is 12.6 Å². The molecule has 0 aliphatic carbocycles. The Labute approximate surface area is 103 Å². The van der Waals surface area contributed by atoms with E-state index in [2.05, 4.69) is 11.9 Å². The van der Waals surface area contributed by atoms with Crippen LogP contribution >= 0.6 is 0 Å². The Balaban J connectivity index is 3.08. The van der Waals surface area contributed by atoms with Crippen LogP contribution in [0.1, 0.15) is 13.8 Å². The van der Waals surface area contributed by atoms with E-state index in [0.29, 0.717) is 33.0 Å². The van der Waals surface area contributed by atoms with Crippen LogP contribution < -0.4 is 5.32 Å². The van der Waals surface area contributed by atoms with Crippen molar-refractivity contribution in [1.29, 1.82) is 0 Å². The fraction of sp³-hybridized carbons (Fsp3) is 0.750. The minimum Gasteiger partial charge on any atom is -0.464 e. The van der Waals surface area contributed by atoms with E-state index < -0.39 is 0 Å². The maximum Gasteiger partial charge on any atom is 0.332 e. The second-order valence-corrected chi connectivity index (χ2v) is 3.62. The second-order valence-electron chi connectivity index (χ2n) is 3.62. The Morgan fingerprint density at radius 3 is 2.29 bits per heavy atom. The van der Waals surface area contributed by atoms with Crippen LogP contribution in [0, 0.1) is 0 Å². The highest BCUT2D eigenvalue weighted by atomic mass is 16.6. The predicted octanol–water partition coefficient (Wildman–Crippen LogP) is 0.748. The van der Waals surface area contributed by atoms with Crippen molar-refractivity contribution < 1.29 is 19.0 Å². The Bertz CT molecular complexity index is 219. The van der Waals surface area contributed by atoms with Crippen LogP contribution in [0.4, 0.5) is 0 Å². The van der Waals surface area contributed by atoms with Crippen LogP contribution in [-0.2, 0) is 19.0 Å². The summed E-state index contributed by atoms with van der Waals surface area (Å²) in [5, 5.41) is 3.13. The fourth-order valence-corrected chi connectivity index (χ4v) is 1.02. The maximum atomic E-state index is 10.9. The van der Waals surface area contributed by atoms with Gasteiger partial charge in [-0.3, -0.25) is 0 Å². The van der Waals surface area contributed by atoms with Gasteiger partial charge >= 0.3 is 5.97 Å². The van der Waals surface area contributed by atoms with Gasteiger partial charge in [0.2, 0.25) is 0 Å². The van der Waals surface area contributed by atoms with Gasteiger partial charge in [-0.05, 0) is 13.8 Å². The van der Waals surface area contributed by atoms with Gasteiger partial charge in [0, 0.05) is 13.1 Å². The summed E-state index contributed by atoms with van der Waals surface area (Å²) in [7, 11) is 0. The molecule has 5 nitrogen and oxygen atoms in total. The summed E-state index contributed by atoms with van der Waals surface area (Å²) in [5.41, 5.74) is 1.02. The highest BCUT2D eigenvalue weighted by Crippen LogP contribution is 1.86. The molecule has 1 N–H and O–H groups in total. The first kappa shape index (κ1) is 16.1. The van der Waals surface area contributed by atoms with Crippen LogP contribution in [0.3, 0.4) is 0 Å². The molecule has 0 spiro atoms. The molecule has 0 radical (unpaired) electrons. The molecular weight excluding hydrogens is 222 g/mol. The van der Waals surface area contributed by atoms with E-state index in [1.165, 1.54) is 0 Å². The van der Waals surface area contributed by atoms with Crippen molar-refractivity contribution in [3.8, 4) is 0 Å². The number of carbonyl (C=O) groups is 1. The molecule has 5 heteroatoms. The van der Waals surface area contributed by atoms with Crippen molar-refractivity contribution in [2.45, 2.75) is 13.8 Å². The first-order chi connectivity index (χ1) is 8.16. The molecule has 0 atom stereocenters. The molecule has 0 aromatic rings. The zero-order valence-electron chi connectivity index (χ0n) is 10.8. The summed E-state index contributed by atoms with van der Waals surface area (Å²) in [5.74, 6) is -0.322. The van der Waals surface area contributed by atoms with Crippen LogP contribution in [0.25, 0.3) is 0 Å². The molecule has 0 saturated carbocycles. The quantitative estimate of drug-likeness (QED) is 0.331. The van der Waals surface area contributed by atoms with Gasteiger partial charge in [-0.15, -0.1) is 0 Å². The fourth-order valence-electron chi connectivity index (χ4n) is 1.02. The molecule has 0 bridgehead atoms. The molecule has 17 heavy (non-hydrogen) atoms. The summed E-state index contributed by atoms with van der Waals surface area (Å²) in [6.07, 6.45) is 0. The number of rotatable bonds is 11. The molecule has 0 saturated heterocycles. The van der Waals surface area contributed by atoms with Crippen molar-refractivity contribution in [3.63, 3.8) is 0 Å². The van der Waals surface area contributed by atoms with Crippen molar-refractivity contribution in [1.82, 2.24) is 5.32 Å². The van der Waals surface area contributed by atoms with Gasteiger partial charge in [0.25, 0.3) is 0 Å². The first-order valence-corrected chi connectivity index (χ1v) is 5.83. The SMILES string of the molecule is C=C(C)COCCNCCOCC(=O)OCC. The van der Waals surface area contributed by atoms with Crippen LogP contribution in [0.5, 0.6) is 0 Å². The van der Waals surface area contributed by atoms with E-state index in [9.17, 15) is 4.79 Å². The van der Waals surface area contributed by atoms with Gasteiger partial charge < -0.3 is 19.5 Å². The number of esters is 1. The summed E-state index contributed by atoms with van der Waals surface area (Å²) >= 11 is 0. The van der Waals surface area contributed by atoms with Crippen molar-refractivity contribution >= 4 is 5.97 Å². The minimum atomic E-state index is -0.322. The summed E-state index contributed by atoms with van der Waals surface area (Å²) in [6, 6.07) is 0. The highest BCUT2D eigenvalue weighted by molar-refractivity contribution is 5.70. The Kier molecular flexibility index (Phi) is 11.0. The highest BCUT2D eigenvalue weighted by Gasteiger charge is 1.99. The molecule has 0 aliphatic heterocycles. The molecule has 0 heterocycles. The second kappa shape index (κ2) is 11.6. The van der Waals surface area contributed by atoms with E-state index in [0.717, 1.165) is 12.1 Å². The number of ether oxygens (including phenoxy) is 3. The lowest BCUT2D eigenvalue weighted by Crippen LogP contribution is -2.25. The van der Waals surface area contributed by atoms with E-state index >= 15 is 0 Å². The van der Waals surface area contributed by atoms with E-state index in [1.807, 2.05) is 6.92 Å². The van der Waals surface area contributed by atoms with Crippen molar-refractivity contribution in [3.05, 3.63) is 12.2 Å². The molecule has 0 amide bonds. The smallest absolute Gasteiger partial charge is 0.332 e. The summed E-state index contributed by atoms with van der Waals surface area (Å²) in [6.45, 7) is 11.0. The standard InChI is InChI=1S/C12H23NO4/c1-4-17-12(14)10-16-8-6-13-5-7-15-9-11(2)3/h13H,2,4-10H2,1,3H3. The lowest BCUT2D eigenvalue weighted by Gasteiger charge is -2.06. The summed E-state index contributed by atoms with van der Waals surface area (Å²) < 4.78 is 15.1. The van der Waals surface area contributed by atoms with Crippen molar-refractivity contribution in [2.24, 2.45) is 0 Å². The van der Waals surface area contributed by atoms with E-state index in [1.54, 1.807) is 6.92 Å². The van der Waals surface area contributed by atoms with Crippen molar-refractivity contribution in [2.75, 3.05) is 46.1 Å². The van der Waals surface area contributed by atoms with Gasteiger partial charge in [-0.2, -0.15) is 0 Å². The average Bonchev–Trinajstić information content (AvgIpc) is 2.27. The largest absolute Gasteiger partial charge is 0.464 e. The number of hydrogen-bond acceptors (Lipinski definition) is 5. The topological polar surface area (TPSA) is 56.8 Å². The molecule has 0 aromatic carbocycles. The molecule has 0 unspecified atom stereocenters.